The number of carbonyl (C=O) groups excluding carboxylic acids is 2. The van der Waals surface area contributed by atoms with Crippen LogP contribution in [-0.4, -0.2) is 36.9 Å². The first-order valence-corrected chi connectivity index (χ1v) is 9.04. The summed E-state index contributed by atoms with van der Waals surface area (Å²) in [5.74, 6) is 1.95. The van der Waals surface area contributed by atoms with E-state index >= 15 is 0 Å². The van der Waals surface area contributed by atoms with E-state index in [9.17, 15) is 9.59 Å². The summed E-state index contributed by atoms with van der Waals surface area (Å²) in [4.78, 5) is 25.6. The molecule has 1 aliphatic heterocycles. The molecule has 142 valence electrons. The molecule has 27 heavy (non-hydrogen) atoms. The maximum atomic E-state index is 12.4. The zero-order chi connectivity index (χ0) is 19.2. The van der Waals surface area contributed by atoms with Gasteiger partial charge in [0, 0.05) is 31.6 Å². The van der Waals surface area contributed by atoms with Gasteiger partial charge in [-0.3, -0.25) is 9.59 Å². The number of rotatable bonds is 5. The Bertz CT molecular complexity index is 796. The molecule has 3 rings (SSSR count). The number of nitrogens with zero attached hydrogens (tertiary/aromatic N) is 1. The van der Waals surface area contributed by atoms with E-state index in [1.54, 1.807) is 31.1 Å². The van der Waals surface area contributed by atoms with Crippen molar-refractivity contribution in [3.63, 3.8) is 0 Å². The standard InChI is InChI=1S/C21H24N2O4/c1-15(24)23-13-11-16(12-14-23)21(25)22-17-7-9-18(10-8-17)27-20-6-4-3-5-19(20)26-2/h3-10,16H,11-14H2,1-2H3,(H,22,25). The van der Waals surface area contributed by atoms with Crippen molar-refractivity contribution in [3.8, 4) is 17.2 Å². The van der Waals surface area contributed by atoms with Gasteiger partial charge in [-0.15, -0.1) is 0 Å². The van der Waals surface area contributed by atoms with Crippen LogP contribution in [0.5, 0.6) is 17.2 Å². The van der Waals surface area contributed by atoms with Crippen LogP contribution >= 0.6 is 0 Å². The molecule has 2 aromatic carbocycles. The van der Waals surface area contributed by atoms with Crippen molar-refractivity contribution in [2.45, 2.75) is 19.8 Å². The lowest BCUT2D eigenvalue weighted by molar-refractivity contribution is -0.132. The normalized spacial score (nSPS) is 14.5. The minimum atomic E-state index is -0.0647. The summed E-state index contributed by atoms with van der Waals surface area (Å²) in [7, 11) is 1.60. The summed E-state index contributed by atoms with van der Waals surface area (Å²) in [6.07, 6.45) is 1.39. The van der Waals surface area contributed by atoms with Crippen molar-refractivity contribution in [2.75, 3.05) is 25.5 Å². The highest BCUT2D eigenvalue weighted by Gasteiger charge is 2.26. The van der Waals surface area contributed by atoms with Gasteiger partial charge in [0.05, 0.1) is 7.11 Å². The van der Waals surface area contributed by atoms with E-state index in [0.717, 1.165) is 5.69 Å². The Morgan fingerprint density at radius 2 is 1.63 bits per heavy atom. The molecule has 0 unspecified atom stereocenters. The molecule has 1 saturated heterocycles. The fourth-order valence-corrected chi connectivity index (χ4v) is 3.14. The lowest BCUT2D eigenvalue weighted by atomic mass is 9.96. The van der Waals surface area contributed by atoms with Crippen molar-refractivity contribution >= 4 is 17.5 Å². The van der Waals surface area contributed by atoms with Crippen LogP contribution in [0.15, 0.2) is 48.5 Å². The molecule has 0 radical (unpaired) electrons. The van der Waals surface area contributed by atoms with E-state index in [2.05, 4.69) is 5.32 Å². The second-order valence-electron chi connectivity index (χ2n) is 6.55. The van der Waals surface area contributed by atoms with Crippen molar-refractivity contribution in [1.82, 2.24) is 4.90 Å². The summed E-state index contributed by atoms with van der Waals surface area (Å²) in [5.41, 5.74) is 0.723. The van der Waals surface area contributed by atoms with Crippen LogP contribution in [0.1, 0.15) is 19.8 Å². The average Bonchev–Trinajstić information content (AvgIpc) is 2.70. The molecule has 2 aromatic rings. The Labute approximate surface area is 159 Å². The number of anilines is 1. The quantitative estimate of drug-likeness (QED) is 0.874. The Balaban J connectivity index is 1.56. The first-order valence-electron chi connectivity index (χ1n) is 9.04. The summed E-state index contributed by atoms with van der Waals surface area (Å²) in [6, 6.07) is 14.7. The number of hydrogen-bond donors (Lipinski definition) is 1. The molecule has 6 heteroatoms. The Hall–Kier alpha value is -3.02. The fourth-order valence-electron chi connectivity index (χ4n) is 3.14. The molecule has 1 aliphatic rings. The number of hydrogen-bond acceptors (Lipinski definition) is 4. The molecule has 0 bridgehead atoms. The van der Waals surface area contributed by atoms with E-state index in [0.29, 0.717) is 43.2 Å². The molecule has 0 atom stereocenters. The van der Waals surface area contributed by atoms with Gasteiger partial charge in [-0.1, -0.05) is 12.1 Å². The molecule has 0 aromatic heterocycles. The summed E-state index contributed by atoms with van der Waals surface area (Å²) in [6.45, 7) is 2.84. The number of nitrogens with one attached hydrogen (secondary N) is 1. The van der Waals surface area contributed by atoms with Gasteiger partial charge >= 0.3 is 0 Å². The highest BCUT2D eigenvalue weighted by atomic mass is 16.5. The van der Waals surface area contributed by atoms with Gasteiger partial charge in [-0.25, -0.2) is 0 Å². The van der Waals surface area contributed by atoms with E-state index in [1.165, 1.54) is 0 Å². The topological polar surface area (TPSA) is 67.9 Å². The predicted molar refractivity (Wildman–Crippen MR) is 103 cm³/mol. The van der Waals surface area contributed by atoms with Crippen molar-refractivity contribution < 1.29 is 19.1 Å². The van der Waals surface area contributed by atoms with Gasteiger partial charge in [0.25, 0.3) is 0 Å². The molecule has 1 fully saturated rings. The smallest absolute Gasteiger partial charge is 0.227 e. The Morgan fingerprint density at radius 3 is 2.22 bits per heavy atom. The number of amides is 2. The number of carbonyl (C=O) groups is 2. The molecule has 1 heterocycles. The van der Waals surface area contributed by atoms with Crippen LogP contribution in [0.4, 0.5) is 5.69 Å². The van der Waals surface area contributed by atoms with E-state index in [4.69, 9.17) is 9.47 Å². The number of piperidine rings is 1. The SMILES string of the molecule is COc1ccccc1Oc1ccc(NC(=O)C2CCN(C(C)=O)CC2)cc1. The minimum Gasteiger partial charge on any atom is -0.493 e. The summed E-state index contributed by atoms with van der Waals surface area (Å²) >= 11 is 0. The van der Waals surface area contributed by atoms with E-state index in [1.807, 2.05) is 36.4 Å². The lowest BCUT2D eigenvalue weighted by Gasteiger charge is -2.30. The first-order chi connectivity index (χ1) is 13.1. The maximum absolute atomic E-state index is 12.4. The molecule has 0 aliphatic carbocycles. The summed E-state index contributed by atoms with van der Waals surface area (Å²) in [5, 5.41) is 2.95. The molecule has 6 nitrogen and oxygen atoms in total. The molecule has 2 amide bonds. The number of benzene rings is 2. The van der Waals surface area contributed by atoms with Gasteiger partial charge in [0.1, 0.15) is 5.75 Å². The highest BCUT2D eigenvalue weighted by Crippen LogP contribution is 2.31. The monoisotopic (exact) mass is 368 g/mol. The number of para-hydroxylation sites is 2. The minimum absolute atomic E-state index is 0.00315. The predicted octanol–water partition coefficient (Wildman–Crippen LogP) is 3.68. The average molecular weight is 368 g/mol. The van der Waals surface area contributed by atoms with Crippen LogP contribution < -0.4 is 14.8 Å². The third-order valence-electron chi connectivity index (χ3n) is 4.73. The Kier molecular flexibility index (Phi) is 5.96. The van der Waals surface area contributed by atoms with Crippen LogP contribution in [0, 0.1) is 5.92 Å². The number of ether oxygens (including phenoxy) is 2. The van der Waals surface area contributed by atoms with Crippen molar-refractivity contribution in [1.29, 1.82) is 0 Å². The summed E-state index contributed by atoms with van der Waals surface area (Å²) < 4.78 is 11.1. The van der Waals surface area contributed by atoms with Crippen LogP contribution in [0.25, 0.3) is 0 Å². The number of likely N-dealkylation sites (tertiary alicyclic amines) is 1. The Morgan fingerprint density at radius 1 is 1.00 bits per heavy atom. The first kappa shape index (κ1) is 18.8. The third-order valence-corrected chi connectivity index (χ3v) is 4.73. The molecule has 1 N–H and O–H groups in total. The largest absolute Gasteiger partial charge is 0.493 e. The van der Waals surface area contributed by atoms with E-state index < -0.39 is 0 Å². The van der Waals surface area contributed by atoms with Gasteiger partial charge < -0.3 is 19.7 Å². The van der Waals surface area contributed by atoms with Gasteiger partial charge in [0.15, 0.2) is 11.5 Å². The van der Waals surface area contributed by atoms with Crippen molar-refractivity contribution in [2.24, 2.45) is 5.92 Å². The van der Waals surface area contributed by atoms with Crippen LogP contribution in [0.2, 0.25) is 0 Å². The third kappa shape index (κ3) is 4.78. The second kappa shape index (κ2) is 8.58. The number of methoxy groups -OCH3 is 1. The van der Waals surface area contributed by atoms with Gasteiger partial charge in [-0.2, -0.15) is 0 Å². The molecular formula is C21H24N2O4. The molecule has 0 saturated carbocycles. The van der Waals surface area contributed by atoms with Gasteiger partial charge in [0.2, 0.25) is 11.8 Å². The van der Waals surface area contributed by atoms with Crippen LogP contribution in [-0.2, 0) is 9.59 Å². The zero-order valence-corrected chi connectivity index (χ0v) is 15.6. The van der Waals surface area contributed by atoms with Gasteiger partial charge in [-0.05, 0) is 49.2 Å². The zero-order valence-electron chi connectivity index (χ0n) is 15.6. The lowest BCUT2D eigenvalue weighted by Crippen LogP contribution is -2.40. The van der Waals surface area contributed by atoms with Crippen LogP contribution in [0.3, 0.4) is 0 Å². The second-order valence-corrected chi connectivity index (χ2v) is 6.55. The fraction of sp³-hybridized carbons (Fsp3) is 0.333. The maximum Gasteiger partial charge on any atom is 0.227 e. The van der Waals surface area contributed by atoms with Crippen molar-refractivity contribution in [3.05, 3.63) is 48.5 Å². The molecule has 0 spiro atoms. The van der Waals surface area contributed by atoms with E-state index in [-0.39, 0.29) is 17.7 Å². The molecular weight excluding hydrogens is 344 g/mol. The highest BCUT2D eigenvalue weighted by molar-refractivity contribution is 5.92.